The van der Waals surface area contributed by atoms with Crippen molar-refractivity contribution in [2.45, 2.75) is 0 Å². The number of fused-ring (bicyclic) bond motifs is 2. The van der Waals surface area contributed by atoms with Crippen LogP contribution in [-0.4, -0.2) is 30.1 Å². The third kappa shape index (κ3) is 4.01. The van der Waals surface area contributed by atoms with Gasteiger partial charge in [-0.25, -0.2) is 10.4 Å². The van der Waals surface area contributed by atoms with Gasteiger partial charge in [0, 0.05) is 10.9 Å². The van der Waals surface area contributed by atoms with Gasteiger partial charge in [0.25, 0.3) is 5.91 Å². The summed E-state index contributed by atoms with van der Waals surface area (Å²) in [4.78, 5) is 20.6. The molecule has 164 valence electrons. The van der Waals surface area contributed by atoms with Crippen molar-refractivity contribution in [1.82, 2.24) is 15.4 Å². The van der Waals surface area contributed by atoms with Gasteiger partial charge in [-0.05, 0) is 60.7 Å². The minimum Gasteiger partial charge on any atom is -0.497 e. The number of nitrogens with zero attached hydrogens (tertiary/aromatic N) is 2. The maximum absolute atomic E-state index is 12.6. The molecule has 0 bridgehead atoms. The predicted octanol–water partition coefficient (Wildman–Crippen LogP) is 4.24. The Kier molecular flexibility index (Phi) is 5.24. The number of aromatic nitrogens is 2. The molecule has 5 rings (SSSR count). The van der Waals surface area contributed by atoms with Crippen molar-refractivity contribution in [3.05, 3.63) is 83.9 Å². The number of aromatic amines is 1. The first-order valence-corrected chi connectivity index (χ1v) is 10.2. The summed E-state index contributed by atoms with van der Waals surface area (Å²) < 4.78 is 16.5. The number of imidazole rings is 1. The zero-order valence-corrected chi connectivity index (χ0v) is 18.0. The summed E-state index contributed by atoms with van der Waals surface area (Å²) in [5.41, 5.74) is 6.11. The Labute approximate surface area is 188 Å². The molecule has 0 fully saturated rings. The zero-order valence-electron chi connectivity index (χ0n) is 18.0. The number of hydrogen-bond donors (Lipinski definition) is 2. The summed E-state index contributed by atoms with van der Waals surface area (Å²) in [6.45, 7) is 0. The summed E-state index contributed by atoms with van der Waals surface area (Å²) in [6, 6.07) is 21.8. The number of methoxy groups -OCH3 is 2. The van der Waals surface area contributed by atoms with Crippen molar-refractivity contribution in [3.8, 4) is 22.9 Å². The molecule has 2 N–H and O–H groups in total. The number of nitrogens with one attached hydrogen (secondary N) is 2. The standard InChI is InChI=1S/C25H20N4O4/c1-31-17-9-7-15(8-10-17)24(30)28-29-25-19(23-26-20-5-3-4-6-21(20)27-23)14-16-13-18(32-2)11-12-22(16)33-25/h3-14H,1-2H3,(H,26,27)(H,28,30)/b29-25-. The number of hydrogen-bond acceptors (Lipinski definition) is 6. The third-order valence-electron chi connectivity index (χ3n) is 5.21. The molecule has 5 aromatic rings. The van der Waals surface area contributed by atoms with E-state index in [2.05, 4.69) is 20.5 Å². The van der Waals surface area contributed by atoms with Crippen LogP contribution in [0, 0.1) is 0 Å². The lowest BCUT2D eigenvalue weighted by Crippen LogP contribution is -2.22. The molecule has 1 amide bonds. The van der Waals surface area contributed by atoms with E-state index in [1.165, 1.54) is 0 Å². The van der Waals surface area contributed by atoms with Crippen molar-refractivity contribution < 1.29 is 18.7 Å². The molecule has 2 aromatic heterocycles. The number of carbonyl (C=O) groups is 1. The molecule has 0 spiro atoms. The summed E-state index contributed by atoms with van der Waals surface area (Å²) in [6.07, 6.45) is 0. The number of rotatable bonds is 5. The van der Waals surface area contributed by atoms with Crippen LogP contribution in [-0.2, 0) is 0 Å². The Hall–Kier alpha value is -4.59. The van der Waals surface area contributed by atoms with Crippen LogP contribution in [0.4, 0.5) is 0 Å². The minimum atomic E-state index is -0.377. The SMILES string of the molecule is COc1ccc(C(=O)N/N=c2\oc3ccc(OC)cc3cc2-c2nc3ccccc3[nH]2)cc1. The van der Waals surface area contributed by atoms with E-state index in [1.54, 1.807) is 50.6 Å². The van der Waals surface area contributed by atoms with Crippen molar-refractivity contribution in [1.29, 1.82) is 0 Å². The van der Waals surface area contributed by atoms with E-state index in [0.29, 0.717) is 34.0 Å². The molecule has 0 aliphatic rings. The van der Waals surface area contributed by atoms with Crippen LogP contribution in [0.1, 0.15) is 10.4 Å². The van der Waals surface area contributed by atoms with Crippen LogP contribution in [0.15, 0.2) is 82.3 Å². The lowest BCUT2D eigenvalue weighted by atomic mass is 10.1. The fourth-order valence-electron chi connectivity index (χ4n) is 3.48. The number of amides is 1. The number of para-hydroxylation sites is 2. The lowest BCUT2D eigenvalue weighted by Gasteiger charge is -2.06. The third-order valence-corrected chi connectivity index (χ3v) is 5.21. The van der Waals surface area contributed by atoms with Gasteiger partial charge in [-0.1, -0.05) is 12.1 Å². The number of carbonyl (C=O) groups excluding carboxylic acids is 1. The Bertz CT molecular complexity index is 1500. The van der Waals surface area contributed by atoms with Gasteiger partial charge in [0.2, 0.25) is 5.55 Å². The molecule has 0 aliphatic carbocycles. The van der Waals surface area contributed by atoms with Crippen LogP contribution >= 0.6 is 0 Å². The summed E-state index contributed by atoms with van der Waals surface area (Å²) in [7, 11) is 3.18. The first kappa shape index (κ1) is 20.3. The van der Waals surface area contributed by atoms with Gasteiger partial charge < -0.3 is 18.9 Å². The molecule has 0 saturated heterocycles. The molecule has 0 saturated carbocycles. The predicted molar refractivity (Wildman–Crippen MR) is 124 cm³/mol. The van der Waals surface area contributed by atoms with Crippen LogP contribution in [0.5, 0.6) is 11.5 Å². The molecule has 0 atom stereocenters. The molecular formula is C25H20N4O4. The van der Waals surface area contributed by atoms with Gasteiger partial charge in [-0.3, -0.25) is 4.79 Å². The highest BCUT2D eigenvalue weighted by Gasteiger charge is 2.13. The monoisotopic (exact) mass is 440 g/mol. The first-order valence-electron chi connectivity index (χ1n) is 10.2. The van der Waals surface area contributed by atoms with Gasteiger partial charge in [-0.2, -0.15) is 0 Å². The summed E-state index contributed by atoms with van der Waals surface area (Å²) >= 11 is 0. The molecule has 0 radical (unpaired) electrons. The van der Waals surface area contributed by atoms with E-state index < -0.39 is 0 Å². The molecule has 33 heavy (non-hydrogen) atoms. The summed E-state index contributed by atoms with van der Waals surface area (Å²) in [5.74, 6) is 1.56. The van der Waals surface area contributed by atoms with E-state index in [-0.39, 0.29) is 11.5 Å². The Balaban J connectivity index is 1.60. The average Bonchev–Trinajstić information content (AvgIpc) is 3.30. The van der Waals surface area contributed by atoms with Gasteiger partial charge in [0.05, 0.1) is 30.8 Å². The van der Waals surface area contributed by atoms with Crippen molar-refractivity contribution >= 4 is 27.9 Å². The second-order valence-electron chi connectivity index (χ2n) is 7.25. The largest absolute Gasteiger partial charge is 0.497 e. The van der Waals surface area contributed by atoms with E-state index >= 15 is 0 Å². The topological polar surface area (TPSA) is 102 Å². The molecule has 0 aliphatic heterocycles. The van der Waals surface area contributed by atoms with E-state index in [0.717, 1.165) is 16.4 Å². The second kappa shape index (κ2) is 8.51. The zero-order chi connectivity index (χ0) is 22.8. The smallest absolute Gasteiger partial charge is 0.271 e. The van der Waals surface area contributed by atoms with Gasteiger partial charge in [0.1, 0.15) is 22.9 Å². The fraction of sp³-hybridized carbons (Fsp3) is 0.0800. The van der Waals surface area contributed by atoms with Crippen LogP contribution in [0.25, 0.3) is 33.4 Å². The fourth-order valence-corrected chi connectivity index (χ4v) is 3.48. The van der Waals surface area contributed by atoms with Crippen molar-refractivity contribution in [2.75, 3.05) is 14.2 Å². The average molecular weight is 440 g/mol. The first-order chi connectivity index (χ1) is 16.1. The molecule has 2 heterocycles. The van der Waals surface area contributed by atoms with E-state index in [9.17, 15) is 4.79 Å². The van der Waals surface area contributed by atoms with Crippen LogP contribution < -0.4 is 20.5 Å². The second-order valence-corrected chi connectivity index (χ2v) is 7.25. The molecule has 8 nitrogen and oxygen atoms in total. The minimum absolute atomic E-state index is 0.216. The van der Waals surface area contributed by atoms with Gasteiger partial charge >= 0.3 is 0 Å². The highest BCUT2D eigenvalue weighted by atomic mass is 16.5. The number of H-pyrrole nitrogens is 1. The highest BCUT2D eigenvalue weighted by Crippen LogP contribution is 2.24. The maximum Gasteiger partial charge on any atom is 0.271 e. The van der Waals surface area contributed by atoms with Crippen molar-refractivity contribution in [3.63, 3.8) is 0 Å². The molecule has 8 heteroatoms. The van der Waals surface area contributed by atoms with E-state index in [1.807, 2.05) is 36.4 Å². The quantitative estimate of drug-likeness (QED) is 0.398. The maximum atomic E-state index is 12.6. The Morgan fingerprint density at radius 3 is 2.48 bits per heavy atom. The molecule has 0 unspecified atom stereocenters. The van der Waals surface area contributed by atoms with Gasteiger partial charge in [-0.15, -0.1) is 5.10 Å². The van der Waals surface area contributed by atoms with E-state index in [4.69, 9.17) is 13.9 Å². The highest BCUT2D eigenvalue weighted by molar-refractivity contribution is 5.94. The Morgan fingerprint density at radius 1 is 0.970 bits per heavy atom. The van der Waals surface area contributed by atoms with Crippen LogP contribution in [0.3, 0.4) is 0 Å². The van der Waals surface area contributed by atoms with Gasteiger partial charge in [0.15, 0.2) is 0 Å². The number of ether oxygens (including phenoxy) is 2. The molecular weight excluding hydrogens is 420 g/mol. The van der Waals surface area contributed by atoms with Crippen molar-refractivity contribution in [2.24, 2.45) is 5.10 Å². The number of benzene rings is 3. The summed E-state index contributed by atoms with van der Waals surface area (Å²) in [5, 5.41) is 5.09. The van der Waals surface area contributed by atoms with Crippen LogP contribution in [0.2, 0.25) is 0 Å². The Morgan fingerprint density at radius 2 is 1.73 bits per heavy atom. The normalized spacial score (nSPS) is 11.6. The lowest BCUT2D eigenvalue weighted by molar-refractivity contribution is 0.0951. The molecule has 3 aromatic carbocycles.